The summed E-state index contributed by atoms with van der Waals surface area (Å²) in [5, 5.41) is 11.0. The molecule has 0 aliphatic rings. The zero-order valence-electron chi connectivity index (χ0n) is 14.4. The lowest BCUT2D eigenvalue weighted by atomic mass is 10.2. The Hall–Kier alpha value is -2.91. The van der Waals surface area contributed by atoms with Crippen LogP contribution in [0.1, 0.15) is 17.3 Å². The SMILES string of the molecule is CCOCCn1c(=NC(=O)c2cccc(F)c2)sc2cc([N+](=O)[O-])ccc21. The number of hydrogen-bond acceptors (Lipinski definition) is 5. The summed E-state index contributed by atoms with van der Waals surface area (Å²) >= 11 is 1.16. The Morgan fingerprint density at radius 1 is 1.33 bits per heavy atom. The van der Waals surface area contributed by atoms with Crippen molar-refractivity contribution in [1.29, 1.82) is 0 Å². The summed E-state index contributed by atoms with van der Waals surface area (Å²) in [6.45, 7) is 3.25. The number of fused-ring (bicyclic) bond motifs is 1. The molecule has 1 heterocycles. The van der Waals surface area contributed by atoms with Crippen molar-refractivity contribution in [1.82, 2.24) is 4.57 Å². The Kier molecular flexibility index (Phi) is 5.72. The maximum Gasteiger partial charge on any atom is 0.279 e. The van der Waals surface area contributed by atoms with Gasteiger partial charge >= 0.3 is 0 Å². The number of thiazole rings is 1. The van der Waals surface area contributed by atoms with E-state index in [4.69, 9.17) is 4.74 Å². The molecule has 0 saturated carbocycles. The van der Waals surface area contributed by atoms with Crippen LogP contribution in [0.25, 0.3) is 10.2 Å². The lowest BCUT2D eigenvalue weighted by Gasteiger charge is -2.05. The molecule has 3 aromatic rings. The zero-order valence-corrected chi connectivity index (χ0v) is 15.2. The van der Waals surface area contributed by atoms with E-state index in [1.165, 1.54) is 30.3 Å². The van der Waals surface area contributed by atoms with Gasteiger partial charge in [-0.2, -0.15) is 4.99 Å². The normalized spacial score (nSPS) is 11.9. The fourth-order valence-corrected chi connectivity index (χ4v) is 3.64. The Bertz CT molecular complexity index is 1070. The summed E-state index contributed by atoms with van der Waals surface area (Å²) in [7, 11) is 0. The van der Waals surface area contributed by atoms with Crippen LogP contribution in [0.2, 0.25) is 0 Å². The number of carbonyl (C=O) groups is 1. The Labute approximate surface area is 157 Å². The number of ether oxygens (including phenoxy) is 1. The molecule has 1 aromatic heterocycles. The molecule has 0 aliphatic heterocycles. The minimum atomic E-state index is -0.583. The Morgan fingerprint density at radius 2 is 2.15 bits per heavy atom. The molecule has 0 bridgehead atoms. The summed E-state index contributed by atoms with van der Waals surface area (Å²) in [4.78, 5) is 27.4. The molecule has 27 heavy (non-hydrogen) atoms. The quantitative estimate of drug-likeness (QED) is 0.367. The van der Waals surface area contributed by atoms with E-state index in [0.717, 1.165) is 22.9 Å². The van der Waals surface area contributed by atoms with Crippen molar-refractivity contribution in [3.8, 4) is 0 Å². The highest BCUT2D eigenvalue weighted by atomic mass is 32.1. The number of nitro benzene ring substituents is 1. The number of amides is 1. The number of rotatable bonds is 6. The van der Waals surface area contributed by atoms with E-state index in [1.54, 1.807) is 10.6 Å². The van der Waals surface area contributed by atoms with Crippen molar-refractivity contribution >= 4 is 33.1 Å². The summed E-state index contributed by atoms with van der Waals surface area (Å²) in [5.74, 6) is -1.10. The number of hydrogen-bond donors (Lipinski definition) is 0. The molecular formula is C18H16FN3O4S. The van der Waals surface area contributed by atoms with E-state index in [2.05, 4.69) is 4.99 Å². The summed E-state index contributed by atoms with van der Waals surface area (Å²) in [5.41, 5.74) is 0.814. The van der Waals surface area contributed by atoms with E-state index in [-0.39, 0.29) is 11.3 Å². The standard InChI is InChI=1S/C18H16FN3O4S/c1-2-26-9-8-21-15-7-6-14(22(24)25)11-16(15)27-18(21)20-17(23)12-4-3-5-13(19)10-12/h3-7,10-11H,2,8-9H2,1H3. The van der Waals surface area contributed by atoms with Crippen LogP contribution in [-0.4, -0.2) is 28.6 Å². The molecule has 0 saturated heterocycles. The Morgan fingerprint density at radius 3 is 2.85 bits per heavy atom. The van der Waals surface area contributed by atoms with Crippen LogP contribution in [0, 0.1) is 15.9 Å². The molecule has 0 atom stereocenters. The number of benzene rings is 2. The van der Waals surface area contributed by atoms with Gasteiger partial charge in [-0.3, -0.25) is 14.9 Å². The average molecular weight is 389 g/mol. The molecule has 140 valence electrons. The van der Waals surface area contributed by atoms with Gasteiger partial charge in [0, 0.05) is 30.8 Å². The van der Waals surface area contributed by atoms with Crippen LogP contribution in [0.15, 0.2) is 47.5 Å². The predicted octanol–water partition coefficient (Wildman–Crippen LogP) is 3.53. The van der Waals surface area contributed by atoms with Gasteiger partial charge in [-0.25, -0.2) is 4.39 Å². The molecule has 3 rings (SSSR count). The summed E-state index contributed by atoms with van der Waals surface area (Å²) < 4.78 is 21.1. The number of aromatic nitrogens is 1. The first kappa shape index (κ1) is 18.9. The fourth-order valence-electron chi connectivity index (χ4n) is 2.55. The van der Waals surface area contributed by atoms with Gasteiger partial charge in [0.25, 0.3) is 11.6 Å². The van der Waals surface area contributed by atoms with Gasteiger partial charge < -0.3 is 9.30 Å². The van der Waals surface area contributed by atoms with Crippen molar-refractivity contribution < 1.29 is 18.8 Å². The molecule has 0 fully saturated rings. The summed E-state index contributed by atoms with van der Waals surface area (Å²) in [6.07, 6.45) is 0. The largest absolute Gasteiger partial charge is 0.380 e. The van der Waals surface area contributed by atoms with Gasteiger partial charge in [-0.1, -0.05) is 17.4 Å². The molecule has 2 aromatic carbocycles. The molecule has 0 radical (unpaired) electrons. The topological polar surface area (TPSA) is 86.7 Å². The predicted molar refractivity (Wildman–Crippen MR) is 99.3 cm³/mol. The van der Waals surface area contributed by atoms with Gasteiger partial charge in [0.2, 0.25) is 0 Å². The maximum atomic E-state index is 13.4. The molecule has 0 spiro atoms. The molecule has 1 amide bonds. The number of nitrogens with zero attached hydrogens (tertiary/aromatic N) is 3. The maximum absolute atomic E-state index is 13.4. The Balaban J connectivity index is 2.09. The van der Waals surface area contributed by atoms with Gasteiger partial charge in [-0.15, -0.1) is 0 Å². The van der Waals surface area contributed by atoms with Crippen molar-refractivity contribution in [3.63, 3.8) is 0 Å². The monoisotopic (exact) mass is 389 g/mol. The second kappa shape index (κ2) is 8.19. The third kappa shape index (κ3) is 4.26. The van der Waals surface area contributed by atoms with Crippen LogP contribution in [0.3, 0.4) is 0 Å². The fraction of sp³-hybridized carbons (Fsp3) is 0.222. The number of nitro groups is 1. The smallest absolute Gasteiger partial charge is 0.279 e. The lowest BCUT2D eigenvalue weighted by molar-refractivity contribution is -0.384. The molecule has 0 aliphatic carbocycles. The summed E-state index contributed by atoms with van der Waals surface area (Å²) in [6, 6.07) is 9.77. The minimum absolute atomic E-state index is 0.0382. The van der Waals surface area contributed by atoms with Crippen LogP contribution in [0.5, 0.6) is 0 Å². The van der Waals surface area contributed by atoms with Crippen LogP contribution in [-0.2, 0) is 11.3 Å². The molecule has 9 heteroatoms. The van der Waals surface area contributed by atoms with Crippen molar-refractivity contribution in [2.24, 2.45) is 4.99 Å². The van der Waals surface area contributed by atoms with E-state index in [0.29, 0.717) is 29.3 Å². The average Bonchev–Trinajstić information content (AvgIpc) is 2.98. The molecular weight excluding hydrogens is 373 g/mol. The molecule has 0 N–H and O–H groups in total. The highest BCUT2D eigenvalue weighted by molar-refractivity contribution is 7.16. The van der Waals surface area contributed by atoms with Crippen LogP contribution in [0.4, 0.5) is 10.1 Å². The highest BCUT2D eigenvalue weighted by Gasteiger charge is 2.13. The third-order valence-electron chi connectivity index (χ3n) is 3.81. The highest BCUT2D eigenvalue weighted by Crippen LogP contribution is 2.23. The van der Waals surface area contributed by atoms with Gasteiger partial charge in [0.1, 0.15) is 5.82 Å². The molecule has 0 unspecified atom stereocenters. The second-order valence-corrected chi connectivity index (χ2v) is 6.58. The molecule has 7 nitrogen and oxygen atoms in total. The van der Waals surface area contributed by atoms with E-state index >= 15 is 0 Å². The van der Waals surface area contributed by atoms with Crippen molar-refractivity contribution in [2.75, 3.05) is 13.2 Å². The van der Waals surface area contributed by atoms with Gasteiger partial charge in [-0.05, 0) is 31.2 Å². The number of carbonyl (C=O) groups excluding carboxylic acids is 1. The zero-order chi connectivity index (χ0) is 19.4. The number of non-ortho nitro benzene ring substituents is 1. The van der Waals surface area contributed by atoms with E-state index in [9.17, 15) is 19.3 Å². The minimum Gasteiger partial charge on any atom is -0.380 e. The third-order valence-corrected chi connectivity index (χ3v) is 4.85. The van der Waals surface area contributed by atoms with E-state index in [1.807, 2.05) is 6.92 Å². The first-order valence-electron chi connectivity index (χ1n) is 8.19. The lowest BCUT2D eigenvalue weighted by Crippen LogP contribution is -2.19. The van der Waals surface area contributed by atoms with Crippen LogP contribution < -0.4 is 4.80 Å². The first-order chi connectivity index (χ1) is 13.0. The second-order valence-electron chi connectivity index (χ2n) is 5.57. The van der Waals surface area contributed by atoms with Gasteiger partial charge in [0.15, 0.2) is 4.80 Å². The number of halogens is 1. The van der Waals surface area contributed by atoms with Gasteiger partial charge in [0.05, 0.1) is 21.7 Å². The first-order valence-corrected chi connectivity index (χ1v) is 9.01. The van der Waals surface area contributed by atoms with Crippen molar-refractivity contribution in [2.45, 2.75) is 13.5 Å². The van der Waals surface area contributed by atoms with E-state index < -0.39 is 16.6 Å². The van der Waals surface area contributed by atoms with Crippen molar-refractivity contribution in [3.05, 3.63) is 68.8 Å². The van der Waals surface area contributed by atoms with Crippen LogP contribution >= 0.6 is 11.3 Å².